The third kappa shape index (κ3) is 3.71. The van der Waals surface area contributed by atoms with Crippen LogP contribution in [0.5, 0.6) is 0 Å². The van der Waals surface area contributed by atoms with Gasteiger partial charge < -0.3 is 15.3 Å². The Labute approximate surface area is 118 Å². The third-order valence-corrected chi connectivity index (χ3v) is 3.18. The van der Waals surface area contributed by atoms with Gasteiger partial charge in [-0.2, -0.15) is 0 Å². The van der Waals surface area contributed by atoms with Crippen molar-refractivity contribution in [2.45, 2.75) is 6.54 Å². The van der Waals surface area contributed by atoms with Crippen molar-refractivity contribution in [3.63, 3.8) is 0 Å². The van der Waals surface area contributed by atoms with Crippen molar-refractivity contribution in [2.24, 2.45) is 0 Å². The Balaban J connectivity index is 1.96. The second kappa shape index (κ2) is 6.91. The molecule has 3 nitrogen and oxygen atoms in total. The Kier molecular flexibility index (Phi) is 4.96. The van der Waals surface area contributed by atoms with E-state index in [1.165, 1.54) is 6.07 Å². The monoisotopic (exact) mass is 274 g/mol. The van der Waals surface area contributed by atoms with Crippen molar-refractivity contribution >= 4 is 11.4 Å². The second-order valence-corrected chi connectivity index (χ2v) is 4.64. The number of aliphatic hydroxyl groups is 1. The van der Waals surface area contributed by atoms with Crippen LogP contribution in [-0.4, -0.2) is 25.3 Å². The maximum absolute atomic E-state index is 13.5. The summed E-state index contributed by atoms with van der Waals surface area (Å²) < 4.78 is 13.5. The van der Waals surface area contributed by atoms with Gasteiger partial charge in [0.25, 0.3) is 0 Å². The van der Waals surface area contributed by atoms with Crippen molar-refractivity contribution in [2.75, 3.05) is 30.4 Å². The quantitative estimate of drug-likeness (QED) is 0.850. The molecule has 2 rings (SSSR count). The first-order valence-corrected chi connectivity index (χ1v) is 6.60. The van der Waals surface area contributed by atoms with Gasteiger partial charge in [0.2, 0.25) is 0 Å². The minimum absolute atomic E-state index is 0.129. The molecule has 0 saturated carbocycles. The van der Waals surface area contributed by atoms with Crippen LogP contribution >= 0.6 is 0 Å². The standard InChI is InChI=1S/C16H19FN2O/c1-19(10-11-20)15-8-6-14(7-9-15)18-12-13-4-2-3-5-16(13)17/h2-9,18,20H,10-12H2,1H3. The van der Waals surface area contributed by atoms with Crippen molar-refractivity contribution in [3.05, 3.63) is 59.9 Å². The lowest BCUT2D eigenvalue weighted by atomic mass is 10.2. The molecule has 2 N–H and O–H groups in total. The normalized spacial score (nSPS) is 10.3. The van der Waals surface area contributed by atoms with Gasteiger partial charge >= 0.3 is 0 Å². The topological polar surface area (TPSA) is 35.5 Å². The smallest absolute Gasteiger partial charge is 0.128 e. The molecule has 0 aliphatic carbocycles. The molecule has 20 heavy (non-hydrogen) atoms. The van der Waals surface area contributed by atoms with Crippen molar-refractivity contribution < 1.29 is 9.50 Å². The lowest BCUT2D eigenvalue weighted by Crippen LogP contribution is -2.20. The van der Waals surface area contributed by atoms with Gasteiger partial charge in [0.05, 0.1) is 6.61 Å². The van der Waals surface area contributed by atoms with Crippen LogP contribution in [0.3, 0.4) is 0 Å². The minimum atomic E-state index is -0.195. The number of likely N-dealkylation sites (N-methyl/N-ethyl adjacent to an activating group) is 1. The number of benzene rings is 2. The average molecular weight is 274 g/mol. The number of halogens is 1. The zero-order valence-corrected chi connectivity index (χ0v) is 11.5. The van der Waals surface area contributed by atoms with Gasteiger partial charge in [-0.25, -0.2) is 4.39 Å². The van der Waals surface area contributed by atoms with Crippen LogP contribution in [0.1, 0.15) is 5.56 Å². The van der Waals surface area contributed by atoms with E-state index in [1.807, 2.05) is 42.3 Å². The first-order chi connectivity index (χ1) is 9.70. The van der Waals surface area contributed by atoms with E-state index in [0.29, 0.717) is 18.7 Å². The van der Waals surface area contributed by atoms with Gasteiger partial charge in [0.15, 0.2) is 0 Å². The molecule has 0 spiro atoms. The fraction of sp³-hybridized carbons (Fsp3) is 0.250. The summed E-state index contributed by atoms with van der Waals surface area (Å²) in [5.41, 5.74) is 2.62. The first-order valence-electron chi connectivity index (χ1n) is 6.60. The summed E-state index contributed by atoms with van der Waals surface area (Å²) >= 11 is 0. The number of nitrogens with one attached hydrogen (secondary N) is 1. The summed E-state index contributed by atoms with van der Waals surface area (Å²) in [5.74, 6) is -0.195. The SMILES string of the molecule is CN(CCO)c1ccc(NCc2ccccc2F)cc1. The fourth-order valence-corrected chi connectivity index (χ4v) is 1.95. The predicted octanol–water partition coefficient (Wildman–Crippen LogP) is 2.87. The number of nitrogens with zero attached hydrogens (tertiary/aromatic N) is 1. The molecule has 4 heteroatoms. The Morgan fingerprint density at radius 2 is 1.80 bits per heavy atom. The summed E-state index contributed by atoms with van der Waals surface area (Å²) in [5, 5.41) is 12.1. The van der Waals surface area contributed by atoms with E-state index in [-0.39, 0.29) is 12.4 Å². The van der Waals surface area contributed by atoms with Gasteiger partial charge in [-0.05, 0) is 30.3 Å². The first kappa shape index (κ1) is 14.3. The van der Waals surface area contributed by atoms with E-state index >= 15 is 0 Å². The van der Waals surface area contributed by atoms with Gasteiger partial charge in [-0.3, -0.25) is 0 Å². The largest absolute Gasteiger partial charge is 0.395 e. The molecule has 0 atom stereocenters. The summed E-state index contributed by atoms with van der Waals surface area (Å²) in [7, 11) is 1.93. The highest BCUT2D eigenvalue weighted by atomic mass is 19.1. The van der Waals surface area contributed by atoms with Crippen LogP contribution in [0.25, 0.3) is 0 Å². The van der Waals surface area contributed by atoms with E-state index in [2.05, 4.69) is 5.32 Å². The second-order valence-electron chi connectivity index (χ2n) is 4.64. The van der Waals surface area contributed by atoms with Crippen molar-refractivity contribution in [1.29, 1.82) is 0 Å². The highest BCUT2D eigenvalue weighted by Gasteiger charge is 2.02. The van der Waals surface area contributed by atoms with Gasteiger partial charge in [0.1, 0.15) is 5.82 Å². The summed E-state index contributed by atoms with van der Waals surface area (Å²) in [6.07, 6.45) is 0. The van der Waals surface area contributed by atoms with Crippen LogP contribution in [-0.2, 0) is 6.54 Å². The molecular weight excluding hydrogens is 255 g/mol. The average Bonchev–Trinajstić information content (AvgIpc) is 2.47. The lowest BCUT2D eigenvalue weighted by molar-refractivity contribution is 0.304. The molecule has 106 valence electrons. The van der Waals surface area contributed by atoms with Crippen LogP contribution < -0.4 is 10.2 Å². The lowest BCUT2D eigenvalue weighted by Gasteiger charge is -2.18. The maximum atomic E-state index is 13.5. The third-order valence-electron chi connectivity index (χ3n) is 3.18. The Morgan fingerprint density at radius 1 is 1.10 bits per heavy atom. The highest BCUT2D eigenvalue weighted by Crippen LogP contribution is 2.17. The summed E-state index contributed by atoms with van der Waals surface area (Å²) in [4.78, 5) is 1.97. The number of anilines is 2. The molecule has 0 radical (unpaired) electrons. The van der Waals surface area contributed by atoms with Gasteiger partial charge in [-0.15, -0.1) is 0 Å². The van der Waals surface area contributed by atoms with E-state index in [1.54, 1.807) is 12.1 Å². The molecule has 2 aromatic carbocycles. The van der Waals surface area contributed by atoms with Gasteiger partial charge in [0, 0.05) is 37.1 Å². The number of aliphatic hydroxyl groups excluding tert-OH is 1. The zero-order chi connectivity index (χ0) is 14.4. The Bertz CT molecular complexity index is 542. The number of hydrogen-bond donors (Lipinski definition) is 2. The fourth-order valence-electron chi connectivity index (χ4n) is 1.95. The Morgan fingerprint density at radius 3 is 2.45 bits per heavy atom. The molecule has 2 aromatic rings. The van der Waals surface area contributed by atoms with Crippen LogP contribution in [0.2, 0.25) is 0 Å². The minimum Gasteiger partial charge on any atom is -0.395 e. The van der Waals surface area contributed by atoms with E-state index in [0.717, 1.165) is 11.4 Å². The molecular formula is C16H19FN2O. The van der Waals surface area contributed by atoms with Gasteiger partial charge in [-0.1, -0.05) is 18.2 Å². The molecule has 0 aromatic heterocycles. The molecule has 0 amide bonds. The molecule has 0 fully saturated rings. The van der Waals surface area contributed by atoms with E-state index < -0.39 is 0 Å². The summed E-state index contributed by atoms with van der Waals surface area (Å²) in [6, 6.07) is 14.6. The highest BCUT2D eigenvalue weighted by molar-refractivity contribution is 5.54. The van der Waals surface area contributed by atoms with Crippen LogP contribution in [0.15, 0.2) is 48.5 Å². The molecule has 0 saturated heterocycles. The number of rotatable bonds is 6. The van der Waals surface area contributed by atoms with E-state index in [9.17, 15) is 4.39 Å². The summed E-state index contributed by atoms with van der Waals surface area (Å²) in [6.45, 7) is 1.18. The van der Waals surface area contributed by atoms with Crippen LogP contribution in [0, 0.1) is 5.82 Å². The van der Waals surface area contributed by atoms with E-state index in [4.69, 9.17) is 5.11 Å². The molecule has 0 aliphatic heterocycles. The zero-order valence-electron chi connectivity index (χ0n) is 11.5. The molecule has 0 bridgehead atoms. The van der Waals surface area contributed by atoms with Crippen molar-refractivity contribution in [1.82, 2.24) is 0 Å². The predicted molar refractivity (Wildman–Crippen MR) is 80.5 cm³/mol. The number of hydrogen-bond acceptors (Lipinski definition) is 3. The van der Waals surface area contributed by atoms with Crippen molar-refractivity contribution in [3.8, 4) is 0 Å². The Hall–Kier alpha value is -2.07. The molecule has 0 aliphatic rings. The maximum Gasteiger partial charge on any atom is 0.128 e. The molecule has 0 heterocycles. The molecule has 0 unspecified atom stereocenters. The van der Waals surface area contributed by atoms with Crippen LogP contribution in [0.4, 0.5) is 15.8 Å².